The van der Waals surface area contributed by atoms with E-state index in [9.17, 15) is 0 Å². The van der Waals surface area contributed by atoms with E-state index in [0.29, 0.717) is 0 Å². The zero-order valence-corrected chi connectivity index (χ0v) is 11.6. The first-order chi connectivity index (χ1) is 9.81. The number of nitrogens with zero attached hydrogens (tertiary/aromatic N) is 2. The van der Waals surface area contributed by atoms with Crippen LogP contribution >= 0.6 is 0 Å². The lowest BCUT2D eigenvalue weighted by molar-refractivity contribution is 0.297. The molecule has 0 amide bonds. The summed E-state index contributed by atoms with van der Waals surface area (Å²) in [6.45, 7) is 2.99. The number of nitrogens with one attached hydrogen (secondary N) is 1. The number of ether oxygens (including phenoxy) is 2. The average molecular weight is 273 g/mol. The second-order valence-electron chi connectivity index (χ2n) is 4.92. The molecule has 0 spiro atoms. The second-order valence-corrected chi connectivity index (χ2v) is 4.92. The summed E-state index contributed by atoms with van der Waals surface area (Å²) in [5, 5.41) is 7.72. The predicted octanol–water partition coefficient (Wildman–Crippen LogP) is 1.87. The van der Waals surface area contributed by atoms with Crippen LogP contribution < -0.4 is 14.8 Å². The van der Waals surface area contributed by atoms with Gasteiger partial charge in [0.2, 0.25) is 0 Å². The van der Waals surface area contributed by atoms with Crippen molar-refractivity contribution in [2.75, 3.05) is 13.2 Å². The highest BCUT2D eigenvalue weighted by Crippen LogP contribution is 2.30. The van der Waals surface area contributed by atoms with E-state index in [4.69, 9.17) is 9.47 Å². The molecule has 0 saturated heterocycles. The number of hydrogen-bond acceptors (Lipinski definition) is 4. The average Bonchev–Trinajstić information content (AvgIpc) is 2.73. The van der Waals surface area contributed by atoms with Gasteiger partial charge in [-0.25, -0.2) is 0 Å². The number of aryl methyl sites for hydroxylation is 1. The molecular weight excluding hydrogens is 254 g/mol. The molecule has 0 radical (unpaired) electrons. The van der Waals surface area contributed by atoms with Gasteiger partial charge in [-0.15, -0.1) is 0 Å². The standard InChI is InChI=1S/C15H19N3O2/c1-18-6-5-13(17-18)11-16-10-12-3-4-14-15(9-12)20-8-2-7-19-14/h3-6,9,16H,2,7-8,10-11H2,1H3. The lowest BCUT2D eigenvalue weighted by atomic mass is 10.2. The Morgan fingerprint density at radius 2 is 2.00 bits per heavy atom. The monoisotopic (exact) mass is 273 g/mol. The quantitative estimate of drug-likeness (QED) is 0.924. The Kier molecular flexibility index (Phi) is 3.87. The lowest BCUT2D eigenvalue weighted by Crippen LogP contribution is -2.13. The Bertz CT molecular complexity index is 580. The number of hydrogen-bond donors (Lipinski definition) is 1. The maximum absolute atomic E-state index is 5.69. The van der Waals surface area contributed by atoms with Crippen LogP contribution in [0.4, 0.5) is 0 Å². The predicted molar refractivity (Wildman–Crippen MR) is 75.8 cm³/mol. The van der Waals surface area contributed by atoms with Gasteiger partial charge in [-0.1, -0.05) is 6.07 Å². The topological polar surface area (TPSA) is 48.3 Å². The molecule has 20 heavy (non-hydrogen) atoms. The first-order valence-corrected chi connectivity index (χ1v) is 6.89. The van der Waals surface area contributed by atoms with Crippen molar-refractivity contribution >= 4 is 0 Å². The molecule has 0 saturated carbocycles. The van der Waals surface area contributed by atoms with E-state index in [1.54, 1.807) is 0 Å². The van der Waals surface area contributed by atoms with Crippen LogP contribution in [0.5, 0.6) is 11.5 Å². The van der Waals surface area contributed by atoms with Gasteiger partial charge < -0.3 is 14.8 Å². The fourth-order valence-corrected chi connectivity index (χ4v) is 2.21. The largest absolute Gasteiger partial charge is 0.490 e. The zero-order chi connectivity index (χ0) is 13.8. The van der Waals surface area contributed by atoms with E-state index < -0.39 is 0 Å². The van der Waals surface area contributed by atoms with E-state index in [1.165, 1.54) is 5.56 Å². The molecule has 5 nitrogen and oxygen atoms in total. The fraction of sp³-hybridized carbons (Fsp3) is 0.400. The molecule has 106 valence electrons. The Balaban J connectivity index is 1.59. The molecule has 0 unspecified atom stereocenters. The third-order valence-corrected chi connectivity index (χ3v) is 3.22. The zero-order valence-electron chi connectivity index (χ0n) is 11.6. The van der Waals surface area contributed by atoms with Crippen LogP contribution in [0.1, 0.15) is 17.7 Å². The molecule has 0 bridgehead atoms. The molecule has 1 aliphatic rings. The summed E-state index contributed by atoms with van der Waals surface area (Å²) < 4.78 is 13.1. The van der Waals surface area contributed by atoms with E-state index in [0.717, 1.165) is 49.9 Å². The van der Waals surface area contributed by atoms with Gasteiger partial charge in [0, 0.05) is 32.8 Å². The van der Waals surface area contributed by atoms with Gasteiger partial charge in [-0.2, -0.15) is 5.10 Å². The SMILES string of the molecule is Cn1ccc(CNCc2ccc3c(c2)OCCCO3)n1. The van der Waals surface area contributed by atoms with Crippen molar-refractivity contribution < 1.29 is 9.47 Å². The summed E-state index contributed by atoms with van der Waals surface area (Å²) in [7, 11) is 1.92. The number of rotatable bonds is 4. The number of aromatic nitrogens is 2. The van der Waals surface area contributed by atoms with E-state index in [-0.39, 0.29) is 0 Å². The summed E-state index contributed by atoms with van der Waals surface area (Å²) >= 11 is 0. The molecule has 3 rings (SSSR count). The van der Waals surface area contributed by atoms with Gasteiger partial charge in [-0.3, -0.25) is 4.68 Å². The Morgan fingerprint density at radius 1 is 1.15 bits per heavy atom. The van der Waals surface area contributed by atoms with Gasteiger partial charge in [0.1, 0.15) is 0 Å². The minimum absolute atomic E-state index is 0.720. The molecule has 2 heterocycles. The van der Waals surface area contributed by atoms with E-state index in [1.807, 2.05) is 36.1 Å². The lowest BCUT2D eigenvalue weighted by Gasteiger charge is -2.09. The maximum atomic E-state index is 5.69. The summed E-state index contributed by atoms with van der Waals surface area (Å²) in [5.74, 6) is 1.69. The third-order valence-electron chi connectivity index (χ3n) is 3.22. The maximum Gasteiger partial charge on any atom is 0.161 e. The molecule has 0 fully saturated rings. The van der Waals surface area contributed by atoms with Crippen molar-refractivity contribution in [2.24, 2.45) is 7.05 Å². The van der Waals surface area contributed by atoms with Crippen LogP contribution in [0, 0.1) is 0 Å². The summed E-state index contributed by atoms with van der Waals surface area (Å²) in [4.78, 5) is 0. The minimum Gasteiger partial charge on any atom is -0.490 e. The van der Waals surface area contributed by atoms with Gasteiger partial charge in [0.25, 0.3) is 0 Å². The van der Waals surface area contributed by atoms with Crippen LogP contribution in [0.3, 0.4) is 0 Å². The Morgan fingerprint density at radius 3 is 2.80 bits per heavy atom. The number of benzene rings is 1. The molecule has 1 aromatic heterocycles. The van der Waals surface area contributed by atoms with Gasteiger partial charge in [0.05, 0.1) is 18.9 Å². The fourth-order valence-electron chi connectivity index (χ4n) is 2.21. The molecule has 1 aliphatic heterocycles. The molecule has 1 N–H and O–H groups in total. The highest BCUT2D eigenvalue weighted by molar-refractivity contribution is 5.43. The normalized spacial score (nSPS) is 14.1. The van der Waals surface area contributed by atoms with Crippen molar-refractivity contribution in [1.29, 1.82) is 0 Å². The van der Waals surface area contributed by atoms with Gasteiger partial charge >= 0.3 is 0 Å². The highest BCUT2D eigenvalue weighted by Gasteiger charge is 2.10. The van der Waals surface area contributed by atoms with Crippen molar-refractivity contribution in [2.45, 2.75) is 19.5 Å². The van der Waals surface area contributed by atoms with Crippen molar-refractivity contribution in [3.05, 3.63) is 41.7 Å². The second kappa shape index (κ2) is 5.96. The van der Waals surface area contributed by atoms with Crippen LogP contribution in [-0.4, -0.2) is 23.0 Å². The summed E-state index contributed by atoms with van der Waals surface area (Å²) in [6, 6.07) is 8.12. The first kappa shape index (κ1) is 13.0. The van der Waals surface area contributed by atoms with Gasteiger partial charge in [0.15, 0.2) is 11.5 Å². The van der Waals surface area contributed by atoms with E-state index in [2.05, 4.69) is 16.5 Å². The summed E-state index contributed by atoms with van der Waals surface area (Å²) in [5.41, 5.74) is 2.23. The Labute approximate surface area is 118 Å². The van der Waals surface area contributed by atoms with Crippen LogP contribution in [0.2, 0.25) is 0 Å². The van der Waals surface area contributed by atoms with Crippen molar-refractivity contribution in [1.82, 2.24) is 15.1 Å². The van der Waals surface area contributed by atoms with Crippen molar-refractivity contribution in [3.8, 4) is 11.5 Å². The molecule has 0 atom stereocenters. The minimum atomic E-state index is 0.720. The van der Waals surface area contributed by atoms with E-state index >= 15 is 0 Å². The molecule has 0 aliphatic carbocycles. The Hall–Kier alpha value is -2.01. The van der Waals surface area contributed by atoms with Crippen LogP contribution in [0.15, 0.2) is 30.5 Å². The highest BCUT2D eigenvalue weighted by atomic mass is 16.5. The van der Waals surface area contributed by atoms with Crippen LogP contribution in [-0.2, 0) is 20.1 Å². The smallest absolute Gasteiger partial charge is 0.161 e. The van der Waals surface area contributed by atoms with Crippen molar-refractivity contribution in [3.63, 3.8) is 0 Å². The number of fused-ring (bicyclic) bond motifs is 1. The molecule has 5 heteroatoms. The molecule has 1 aromatic carbocycles. The molecular formula is C15H19N3O2. The molecule has 2 aromatic rings. The third kappa shape index (κ3) is 3.11. The first-order valence-electron chi connectivity index (χ1n) is 6.89. The summed E-state index contributed by atoms with van der Waals surface area (Å²) in [6.07, 6.45) is 2.88. The van der Waals surface area contributed by atoms with Crippen LogP contribution in [0.25, 0.3) is 0 Å². The van der Waals surface area contributed by atoms with Gasteiger partial charge in [-0.05, 0) is 23.8 Å².